The van der Waals surface area contributed by atoms with Gasteiger partial charge in [0.05, 0.1) is 12.6 Å². The molecule has 0 aromatic carbocycles. The Hall–Kier alpha value is -1.50. The van der Waals surface area contributed by atoms with Gasteiger partial charge in [-0.25, -0.2) is 9.59 Å². The fourth-order valence-electron chi connectivity index (χ4n) is 6.13. The molecule has 4 aliphatic rings. The molecule has 1 aliphatic carbocycles. The molecule has 4 rings (SSSR count). The fraction of sp³-hybridized carbons (Fsp3) is 0.905. The smallest absolute Gasteiger partial charge is 0.410 e. The van der Waals surface area contributed by atoms with Gasteiger partial charge >= 0.3 is 12.2 Å². The first kappa shape index (κ1) is 19.8. The van der Waals surface area contributed by atoms with Crippen molar-refractivity contribution in [3.63, 3.8) is 0 Å². The van der Waals surface area contributed by atoms with Gasteiger partial charge in [0.25, 0.3) is 0 Å². The number of likely N-dealkylation sites (tertiary alicyclic amines) is 2. The van der Waals surface area contributed by atoms with E-state index in [4.69, 9.17) is 9.47 Å². The topological polar surface area (TPSA) is 62.3 Å². The van der Waals surface area contributed by atoms with Crippen molar-refractivity contribution in [1.82, 2.24) is 14.7 Å². The molecule has 0 aromatic rings. The van der Waals surface area contributed by atoms with Crippen LogP contribution in [0.1, 0.15) is 59.3 Å². The maximum absolute atomic E-state index is 12.5. The lowest BCUT2D eigenvalue weighted by Gasteiger charge is -2.54. The zero-order valence-corrected chi connectivity index (χ0v) is 17.8. The number of nitrogens with zero attached hydrogens (tertiary/aromatic N) is 3. The second kappa shape index (κ2) is 6.78. The van der Waals surface area contributed by atoms with Gasteiger partial charge in [-0.15, -0.1) is 0 Å². The molecule has 2 amide bonds. The maximum atomic E-state index is 12.5. The number of rotatable bonds is 3. The Labute approximate surface area is 168 Å². The first-order chi connectivity index (χ1) is 13.3. The third kappa shape index (κ3) is 2.88. The first-order valence-electron chi connectivity index (χ1n) is 10.8. The van der Waals surface area contributed by atoms with Crippen LogP contribution in [0.15, 0.2) is 0 Å². The number of amides is 2. The van der Waals surface area contributed by atoms with Crippen molar-refractivity contribution >= 4 is 12.2 Å². The summed E-state index contributed by atoms with van der Waals surface area (Å²) in [7, 11) is 1.46. The average Bonchev–Trinajstić information content (AvgIpc) is 3.16. The highest BCUT2D eigenvalue weighted by atomic mass is 16.6. The predicted molar refractivity (Wildman–Crippen MR) is 105 cm³/mol. The van der Waals surface area contributed by atoms with Gasteiger partial charge in [-0.1, -0.05) is 6.92 Å². The van der Waals surface area contributed by atoms with Crippen LogP contribution in [0.3, 0.4) is 0 Å². The van der Waals surface area contributed by atoms with Crippen molar-refractivity contribution in [1.29, 1.82) is 0 Å². The molecule has 3 heterocycles. The van der Waals surface area contributed by atoms with Crippen LogP contribution in [-0.2, 0) is 9.47 Å². The van der Waals surface area contributed by atoms with Gasteiger partial charge in [-0.05, 0) is 44.9 Å². The minimum Gasteiger partial charge on any atom is -0.453 e. The normalized spacial score (nSPS) is 34.0. The van der Waals surface area contributed by atoms with Crippen LogP contribution < -0.4 is 0 Å². The van der Waals surface area contributed by atoms with Gasteiger partial charge < -0.3 is 19.3 Å². The molecule has 7 nitrogen and oxygen atoms in total. The van der Waals surface area contributed by atoms with E-state index in [0.29, 0.717) is 11.5 Å². The quantitative estimate of drug-likeness (QED) is 0.737. The Kier molecular flexibility index (Phi) is 4.80. The summed E-state index contributed by atoms with van der Waals surface area (Å²) in [6, 6.07) is 0.599. The Morgan fingerprint density at radius 1 is 1.18 bits per heavy atom. The van der Waals surface area contributed by atoms with Crippen LogP contribution in [-0.4, -0.2) is 83.9 Å². The number of carbonyl (C=O) groups is 2. The van der Waals surface area contributed by atoms with E-state index in [9.17, 15) is 9.59 Å². The largest absolute Gasteiger partial charge is 0.453 e. The number of piperidine rings is 1. The molecule has 1 saturated carbocycles. The Morgan fingerprint density at radius 2 is 1.86 bits per heavy atom. The zero-order valence-electron chi connectivity index (χ0n) is 17.8. The Balaban J connectivity index is 1.33. The molecule has 0 N–H and O–H groups in total. The van der Waals surface area contributed by atoms with E-state index in [1.165, 1.54) is 20.0 Å². The third-order valence-corrected chi connectivity index (χ3v) is 8.07. The summed E-state index contributed by atoms with van der Waals surface area (Å²) in [6.07, 6.45) is 5.85. The van der Waals surface area contributed by atoms with E-state index in [1.54, 1.807) is 0 Å². The molecular formula is C21H35N3O4. The van der Waals surface area contributed by atoms with E-state index in [0.717, 1.165) is 58.4 Å². The van der Waals surface area contributed by atoms with Gasteiger partial charge in [0.15, 0.2) is 0 Å². The van der Waals surface area contributed by atoms with E-state index < -0.39 is 0 Å². The van der Waals surface area contributed by atoms with Crippen molar-refractivity contribution in [3.8, 4) is 0 Å². The van der Waals surface area contributed by atoms with Gasteiger partial charge in [0, 0.05) is 51.6 Å². The summed E-state index contributed by atoms with van der Waals surface area (Å²) in [6.45, 7) is 10.8. The van der Waals surface area contributed by atoms with Crippen LogP contribution in [0, 0.1) is 5.41 Å². The summed E-state index contributed by atoms with van der Waals surface area (Å²) in [4.78, 5) is 30.6. The predicted octanol–water partition coefficient (Wildman–Crippen LogP) is 3.08. The SMILES string of the molecule is CCCN1C(=O)OC2(CCN(C3CC4(CCN(C(=O)OC)C4)C3)CC2)C1(C)C. The van der Waals surface area contributed by atoms with Crippen LogP contribution in [0.4, 0.5) is 9.59 Å². The molecule has 3 aliphatic heterocycles. The minimum absolute atomic E-state index is 0.142. The second-order valence-electron chi connectivity index (χ2n) is 9.81. The van der Waals surface area contributed by atoms with Gasteiger partial charge in [0.1, 0.15) is 5.60 Å². The van der Waals surface area contributed by atoms with Crippen LogP contribution in [0.2, 0.25) is 0 Å². The van der Waals surface area contributed by atoms with Gasteiger partial charge in [-0.3, -0.25) is 4.90 Å². The lowest BCUT2D eigenvalue weighted by Crippen LogP contribution is -2.62. The van der Waals surface area contributed by atoms with E-state index in [1.807, 2.05) is 9.80 Å². The highest BCUT2D eigenvalue weighted by molar-refractivity contribution is 5.72. The van der Waals surface area contributed by atoms with Gasteiger partial charge in [-0.2, -0.15) is 0 Å². The number of hydrogen-bond acceptors (Lipinski definition) is 5. The van der Waals surface area contributed by atoms with Crippen molar-refractivity contribution in [2.75, 3.05) is 39.8 Å². The zero-order chi connectivity index (χ0) is 20.2. The molecule has 0 aromatic heterocycles. The third-order valence-electron chi connectivity index (χ3n) is 8.07. The molecule has 4 fully saturated rings. The fourth-order valence-corrected chi connectivity index (χ4v) is 6.13. The van der Waals surface area contributed by atoms with Crippen LogP contribution in [0.5, 0.6) is 0 Å². The van der Waals surface area contributed by atoms with Crippen molar-refractivity contribution in [2.24, 2.45) is 5.41 Å². The Bertz CT molecular complexity index is 636. The van der Waals surface area contributed by atoms with E-state index in [-0.39, 0.29) is 23.3 Å². The molecule has 28 heavy (non-hydrogen) atoms. The highest BCUT2D eigenvalue weighted by Gasteiger charge is 2.61. The number of methoxy groups -OCH3 is 1. The molecule has 7 heteroatoms. The van der Waals surface area contributed by atoms with Crippen molar-refractivity contribution in [2.45, 2.75) is 76.5 Å². The Morgan fingerprint density at radius 3 is 2.46 bits per heavy atom. The van der Waals surface area contributed by atoms with Crippen LogP contribution in [0.25, 0.3) is 0 Å². The molecule has 0 radical (unpaired) electrons. The molecular weight excluding hydrogens is 358 g/mol. The maximum Gasteiger partial charge on any atom is 0.410 e. The molecule has 0 unspecified atom stereocenters. The summed E-state index contributed by atoms with van der Waals surface area (Å²) in [5, 5.41) is 0. The summed E-state index contributed by atoms with van der Waals surface area (Å²) in [5.74, 6) is 0. The lowest BCUT2D eigenvalue weighted by molar-refractivity contribution is -0.0803. The molecule has 3 saturated heterocycles. The number of carbonyl (C=O) groups excluding carboxylic acids is 2. The standard InChI is InChI=1S/C21H35N3O4/c1-5-9-24-18(26)28-21(19(24,2)3)7-11-22(12-8-21)16-13-20(14-16)6-10-23(15-20)17(25)27-4/h16H,5-15H2,1-4H3. The number of hydrogen-bond donors (Lipinski definition) is 0. The van der Waals surface area contributed by atoms with Crippen molar-refractivity contribution < 1.29 is 19.1 Å². The average molecular weight is 394 g/mol. The molecule has 0 atom stereocenters. The lowest BCUT2D eigenvalue weighted by atomic mass is 9.63. The molecule has 158 valence electrons. The second-order valence-corrected chi connectivity index (χ2v) is 9.81. The first-order valence-corrected chi connectivity index (χ1v) is 10.8. The molecule has 2 spiro atoms. The van der Waals surface area contributed by atoms with E-state index >= 15 is 0 Å². The highest BCUT2D eigenvalue weighted by Crippen LogP contribution is 2.52. The monoisotopic (exact) mass is 393 g/mol. The van der Waals surface area contributed by atoms with Crippen molar-refractivity contribution in [3.05, 3.63) is 0 Å². The molecule has 0 bridgehead atoms. The van der Waals surface area contributed by atoms with Crippen LogP contribution >= 0.6 is 0 Å². The summed E-state index contributed by atoms with van der Waals surface area (Å²) in [5.41, 5.74) is -0.309. The summed E-state index contributed by atoms with van der Waals surface area (Å²) < 4.78 is 10.9. The van der Waals surface area contributed by atoms with Gasteiger partial charge in [0.2, 0.25) is 0 Å². The number of ether oxygens (including phenoxy) is 2. The summed E-state index contributed by atoms with van der Waals surface area (Å²) >= 11 is 0. The van der Waals surface area contributed by atoms with E-state index in [2.05, 4.69) is 25.7 Å². The minimum atomic E-state index is -0.355.